The number of pyridine rings is 2. The SMILES string of the molecule is Cc1c(Cc2c(F)cccc2F)c2n(c(=O)c1-c1ccc3c(c1)OCO3)C(CN(C)CCc1ccccn1)CS2. The largest absolute Gasteiger partial charge is 0.454 e. The van der Waals surface area contributed by atoms with E-state index in [0.29, 0.717) is 34.9 Å². The van der Waals surface area contributed by atoms with Crippen LogP contribution < -0.4 is 15.0 Å². The molecular formula is C31H29F2N3O3S. The maximum absolute atomic E-state index is 14.8. The monoisotopic (exact) mass is 561 g/mol. The second kappa shape index (κ2) is 11.1. The van der Waals surface area contributed by atoms with Crippen LogP contribution in [-0.2, 0) is 12.8 Å². The lowest BCUT2D eigenvalue weighted by Gasteiger charge is -2.24. The van der Waals surface area contributed by atoms with Crippen LogP contribution in [-0.4, -0.2) is 47.1 Å². The highest BCUT2D eigenvalue weighted by Gasteiger charge is 2.32. The molecule has 0 saturated carbocycles. The van der Waals surface area contributed by atoms with Crippen molar-refractivity contribution in [3.8, 4) is 22.6 Å². The van der Waals surface area contributed by atoms with E-state index in [4.69, 9.17) is 9.47 Å². The van der Waals surface area contributed by atoms with Crippen molar-refractivity contribution in [2.45, 2.75) is 30.8 Å². The van der Waals surface area contributed by atoms with Gasteiger partial charge in [0.05, 0.1) is 16.6 Å². The van der Waals surface area contributed by atoms with Crippen LogP contribution in [0, 0.1) is 18.6 Å². The maximum Gasteiger partial charge on any atom is 0.259 e. The van der Waals surface area contributed by atoms with E-state index in [1.54, 1.807) is 24.0 Å². The number of hydrogen-bond donors (Lipinski definition) is 0. The van der Waals surface area contributed by atoms with Crippen molar-refractivity contribution in [2.24, 2.45) is 0 Å². The molecule has 0 spiro atoms. The number of ether oxygens (including phenoxy) is 2. The molecule has 0 amide bonds. The lowest BCUT2D eigenvalue weighted by molar-refractivity contribution is 0.174. The molecule has 0 aliphatic carbocycles. The molecule has 2 aliphatic rings. The van der Waals surface area contributed by atoms with Crippen LogP contribution in [0.2, 0.25) is 0 Å². The number of aromatic nitrogens is 2. The van der Waals surface area contributed by atoms with Gasteiger partial charge in [-0.2, -0.15) is 0 Å². The Morgan fingerprint density at radius 2 is 1.85 bits per heavy atom. The highest BCUT2D eigenvalue weighted by molar-refractivity contribution is 7.99. The van der Waals surface area contributed by atoms with Gasteiger partial charge in [0.2, 0.25) is 6.79 Å². The van der Waals surface area contributed by atoms with Crippen LogP contribution in [0.15, 0.2) is 70.6 Å². The number of halogens is 2. The number of rotatable bonds is 8. The van der Waals surface area contributed by atoms with Gasteiger partial charge in [0.15, 0.2) is 11.5 Å². The summed E-state index contributed by atoms with van der Waals surface area (Å²) in [4.78, 5) is 20.8. The molecule has 206 valence electrons. The Morgan fingerprint density at radius 1 is 1.05 bits per heavy atom. The molecule has 0 fully saturated rings. The van der Waals surface area contributed by atoms with Gasteiger partial charge in [-0.1, -0.05) is 18.2 Å². The van der Waals surface area contributed by atoms with Gasteiger partial charge >= 0.3 is 0 Å². The maximum atomic E-state index is 14.8. The van der Waals surface area contributed by atoms with Crippen molar-refractivity contribution in [3.63, 3.8) is 0 Å². The molecule has 1 unspecified atom stereocenters. The molecular weight excluding hydrogens is 532 g/mol. The molecule has 2 aromatic carbocycles. The first-order chi connectivity index (χ1) is 19.4. The second-order valence-electron chi connectivity index (χ2n) is 10.2. The minimum absolute atomic E-state index is 0.000199. The third kappa shape index (κ3) is 4.99. The van der Waals surface area contributed by atoms with Gasteiger partial charge < -0.3 is 14.4 Å². The normalized spacial score (nSPS) is 15.6. The number of likely N-dealkylation sites (N-methyl/N-ethyl adjacent to an activating group) is 1. The molecule has 0 radical (unpaired) electrons. The Kier molecular flexibility index (Phi) is 7.33. The van der Waals surface area contributed by atoms with E-state index >= 15 is 0 Å². The average Bonchev–Trinajstić information content (AvgIpc) is 3.59. The fourth-order valence-corrected chi connectivity index (χ4v) is 6.86. The number of benzene rings is 2. The van der Waals surface area contributed by atoms with E-state index in [1.165, 1.54) is 18.2 Å². The summed E-state index contributed by atoms with van der Waals surface area (Å²) in [7, 11) is 2.04. The molecule has 4 heterocycles. The Balaban J connectivity index is 1.40. The Morgan fingerprint density at radius 3 is 2.62 bits per heavy atom. The van der Waals surface area contributed by atoms with Gasteiger partial charge in [0.1, 0.15) is 11.6 Å². The molecule has 2 aromatic heterocycles. The number of nitrogens with zero attached hydrogens (tertiary/aromatic N) is 3. The molecule has 6 nitrogen and oxygen atoms in total. The Labute approximate surface area is 235 Å². The van der Waals surface area contributed by atoms with E-state index in [2.05, 4.69) is 9.88 Å². The molecule has 1 atom stereocenters. The quantitative estimate of drug-likeness (QED) is 0.278. The van der Waals surface area contributed by atoms with E-state index in [1.807, 2.05) is 48.9 Å². The average molecular weight is 562 g/mol. The van der Waals surface area contributed by atoms with Crippen LogP contribution in [0.1, 0.15) is 28.4 Å². The van der Waals surface area contributed by atoms with Gasteiger partial charge in [-0.25, -0.2) is 8.78 Å². The fraction of sp³-hybridized carbons (Fsp3) is 0.290. The summed E-state index contributed by atoms with van der Waals surface area (Å²) in [5.41, 5.74) is 3.59. The van der Waals surface area contributed by atoms with E-state index in [0.717, 1.165) is 34.8 Å². The Bertz CT molecular complexity index is 1610. The summed E-state index contributed by atoms with van der Waals surface area (Å²) in [5, 5.41) is 0.776. The predicted octanol–water partition coefficient (Wildman–Crippen LogP) is 5.64. The molecule has 0 bridgehead atoms. The van der Waals surface area contributed by atoms with Gasteiger partial charge in [0, 0.05) is 49.1 Å². The van der Waals surface area contributed by atoms with Crippen molar-refractivity contribution in [1.82, 2.24) is 14.5 Å². The summed E-state index contributed by atoms with van der Waals surface area (Å²) >= 11 is 1.58. The number of hydrogen-bond acceptors (Lipinski definition) is 6. The van der Waals surface area contributed by atoms with Crippen LogP contribution in [0.5, 0.6) is 11.5 Å². The zero-order chi connectivity index (χ0) is 27.8. The van der Waals surface area contributed by atoms with Gasteiger partial charge in [-0.05, 0) is 67.1 Å². The lowest BCUT2D eigenvalue weighted by Crippen LogP contribution is -2.35. The molecule has 40 heavy (non-hydrogen) atoms. The topological polar surface area (TPSA) is 56.6 Å². The summed E-state index contributed by atoms with van der Waals surface area (Å²) in [5.74, 6) is 0.702. The fourth-order valence-electron chi connectivity index (χ4n) is 5.48. The molecule has 0 N–H and O–H groups in total. The van der Waals surface area contributed by atoms with Gasteiger partial charge in [0.25, 0.3) is 5.56 Å². The summed E-state index contributed by atoms with van der Waals surface area (Å²) in [6.07, 6.45) is 2.64. The zero-order valence-electron chi connectivity index (χ0n) is 22.3. The standard InChI is InChI=1S/C31H29F2N3O3S/c1-19-23(15-24-25(32)7-5-8-26(24)33)31-36(30(37)29(19)20-9-10-27-28(14-20)39-18-38-27)22(17-40-31)16-35(2)13-11-21-6-3-4-12-34-21/h3-10,12,14,22H,11,13,15-18H2,1-2H3. The van der Waals surface area contributed by atoms with Crippen LogP contribution in [0.25, 0.3) is 11.1 Å². The van der Waals surface area contributed by atoms with E-state index in [-0.39, 0.29) is 30.4 Å². The highest BCUT2D eigenvalue weighted by Crippen LogP contribution is 2.42. The van der Waals surface area contributed by atoms with Crippen LogP contribution >= 0.6 is 11.8 Å². The molecule has 4 aromatic rings. The molecule has 2 aliphatic heterocycles. The minimum atomic E-state index is -0.595. The van der Waals surface area contributed by atoms with Crippen molar-refractivity contribution in [2.75, 3.05) is 32.7 Å². The predicted molar refractivity (Wildman–Crippen MR) is 151 cm³/mol. The molecule has 6 rings (SSSR count). The second-order valence-corrected chi connectivity index (χ2v) is 11.2. The summed E-state index contributed by atoms with van der Waals surface area (Å²) < 4.78 is 42.5. The number of thioether (sulfide) groups is 1. The number of fused-ring (bicyclic) bond motifs is 2. The minimum Gasteiger partial charge on any atom is -0.454 e. The summed E-state index contributed by atoms with van der Waals surface area (Å²) in [6.45, 7) is 3.44. The van der Waals surface area contributed by atoms with Crippen molar-refractivity contribution in [1.29, 1.82) is 0 Å². The van der Waals surface area contributed by atoms with Gasteiger partial charge in [-0.3, -0.25) is 14.3 Å². The van der Waals surface area contributed by atoms with Crippen molar-refractivity contribution >= 4 is 11.8 Å². The first-order valence-corrected chi connectivity index (χ1v) is 14.2. The third-order valence-electron chi connectivity index (χ3n) is 7.59. The third-order valence-corrected chi connectivity index (χ3v) is 8.86. The summed E-state index contributed by atoms with van der Waals surface area (Å²) in [6, 6.07) is 15.1. The van der Waals surface area contributed by atoms with Crippen LogP contribution in [0.3, 0.4) is 0 Å². The first kappa shape index (κ1) is 26.5. The lowest BCUT2D eigenvalue weighted by atomic mass is 9.94. The first-order valence-electron chi connectivity index (χ1n) is 13.2. The zero-order valence-corrected chi connectivity index (χ0v) is 23.1. The van der Waals surface area contributed by atoms with Crippen molar-refractivity contribution in [3.05, 3.63) is 105 Å². The smallest absolute Gasteiger partial charge is 0.259 e. The molecule has 0 saturated heterocycles. The van der Waals surface area contributed by atoms with Gasteiger partial charge in [-0.15, -0.1) is 11.8 Å². The Hall–Kier alpha value is -3.69. The molecule has 9 heteroatoms. The van der Waals surface area contributed by atoms with E-state index in [9.17, 15) is 13.6 Å². The highest BCUT2D eigenvalue weighted by atomic mass is 32.2. The van der Waals surface area contributed by atoms with Crippen LogP contribution in [0.4, 0.5) is 8.78 Å². The van der Waals surface area contributed by atoms with E-state index < -0.39 is 11.6 Å². The van der Waals surface area contributed by atoms with Crippen molar-refractivity contribution < 1.29 is 18.3 Å².